The maximum absolute atomic E-state index is 13.8. The number of halogens is 1. The first-order valence-electron chi connectivity index (χ1n) is 11.2. The average Bonchev–Trinajstić information content (AvgIpc) is 3.08. The lowest BCUT2D eigenvalue weighted by Gasteiger charge is -2.25. The van der Waals surface area contributed by atoms with Crippen LogP contribution in [0.1, 0.15) is 33.9 Å². The van der Waals surface area contributed by atoms with E-state index in [1.807, 2.05) is 4.98 Å². The van der Waals surface area contributed by atoms with Crippen LogP contribution in [0.15, 0.2) is 46.1 Å². The summed E-state index contributed by atoms with van der Waals surface area (Å²) in [5.41, 5.74) is -2.11. The average molecular weight is 529 g/mol. The van der Waals surface area contributed by atoms with Gasteiger partial charge in [0.2, 0.25) is 5.82 Å². The molecule has 0 bridgehead atoms. The first-order valence-corrected chi connectivity index (χ1v) is 12.8. The van der Waals surface area contributed by atoms with Gasteiger partial charge >= 0.3 is 19.4 Å². The second-order valence-electron chi connectivity index (χ2n) is 8.59. The number of aliphatic hydroxyl groups is 1. The molecule has 1 fully saturated rings. The molecular weight excluding hydrogens is 500 g/mol. The number of nitrogens with one attached hydrogen (secondary N) is 2. The van der Waals surface area contributed by atoms with Gasteiger partial charge in [0.1, 0.15) is 24.1 Å². The van der Waals surface area contributed by atoms with Gasteiger partial charge in [-0.15, -0.1) is 0 Å². The number of rotatable bonds is 10. The molecule has 0 aliphatic carbocycles. The van der Waals surface area contributed by atoms with E-state index < -0.39 is 73.9 Å². The van der Waals surface area contributed by atoms with Crippen molar-refractivity contribution in [1.29, 1.82) is 0 Å². The minimum absolute atomic E-state index is 0.187. The van der Waals surface area contributed by atoms with E-state index in [1.165, 1.54) is 19.1 Å². The minimum atomic E-state index is -4.23. The van der Waals surface area contributed by atoms with Gasteiger partial charge in [-0.2, -0.15) is 9.48 Å². The molecule has 36 heavy (non-hydrogen) atoms. The molecule has 2 aromatic rings. The Labute approximate surface area is 205 Å². The number of carbonyl (C=O) groups is 1. The molecule has 1 aliphatic rings. The van der Waals surface area contributed by atoms with Crippen molar-refractivity contribution in [3.05, 3.63) is 63.2 Å². The molecule has 6 atom stereocenters. The Kier molecular flexibility index (Phi) is 8.85. The highest BCUT2D eigenvalue weighted by molar-refractivity contribution is 7.52. The van der Waals surface area contributed by atoms with Gasteiger partial charge in [0, 0.05) is 5.92 Å². The van der Waals surface area contributed by atoms with Crippen molar-refractivity contribution in [3.8, 4) is 5.75 Å². The Morgan fingerprint density at radius 3 is 2.58 bits per heavy atom. The second-order valence-corrected chi connectivity index (χ2v) is 10.3. The van der Waals surface area contributed by atoms with E-state index in [0.29, 0.717) is 6.20 Å². The highest BCUT2D eigenvalue weighted by Crippen LogP contribution is 2.46. The van der Waals surface area contributed by atoms with Gasteiger partial charge < -0.3 is 19.1 Å². The number of ether oxygens (including phenoxy) is 2. The molecule has 1 aliphatic heterocycles. The molecule has 3 rings (SSSR count). The van der Waals surface area contributed by atoms with E-state index in [2.05, 4.69) is 5.09 Å². The number of esters is 1. The van der Waals surface area contributed by atoms with Crippen LogP contribution in [0.25, 0.3) is 0 Å². The van der Waals surface area contributed by atoms with Crippen molar-refractivity contribution in [1.82, 2.24) is 14.6 Å². The molecule has 0 radical (unpaired) electrons. The summed E-state index contributed by atoms with van der Waals surface area (Å²) < 4.78 is 50.0. The topological polar surface area (TPSA) is 158 Å². The van der Waals surface area contributed by atoms with Gasteiger partial charge in [-0.1, -0.05) is 25.1 Å². The number of H-pyrrole nitrogens is 1. The maximum atomic E-state index is 13.8. The van der Waals surface area contributed by atoms with Crippen molar-refractivity contribution in [2.75, 3.05) is 6.61 Å². The molecule has 2 heterocycles. The van der Waals surface area contributed by atoms with Crippen LogP contribution in [-0.2, 0) is 23.4 Å². The Morgan fingerprint density at radius 2 is 1.94 bits per heavy atom. The van der Waals surface area contributed by atoms with Crippen LogP contribution in [-0.4, -0.2) is 51.6 Å². The Bertz CT molecular complexity index is 1220. The summed E-state index contributed by atoms with van der Waals surface area (Å²) in [6, 6.07) is 7.00. The molecule has 198 valence electrons. The zero-order chi connectivity index (χ0) is 26.6. The van der Waals surface area contributed by atoms with Crippen molar-refractivity contribution in [2.45, 2.75) is 58.3 Å². The monoisotopic (exact) mass is 529 g/mol. The van der Waals surface area contributed by atoms with E-state index in [1.54, 1.807) is 39.0 Å². The fourth-order valence-electron chi connectivity index (χ4n) is 3.50. The van der Waals surface area contributed by atoms with Crippen LogP contribution in [0.4, 0.5) is 4.39 Å². The quantitative estimate of drug-likeness (QED) is 0.306. The smallest absolute Gasteiger partial charge is 0.459 e. The van der Waals surface area contributed by atoms with Crippen LogP contribution < -0.4 is 20.9 Å². The van der Waals surface area contributed by atoms with Crippen molar-refractivity contribution in [2.24, 2.45) is 5.92 Å². The van der Waals surface area contributed by atoms with E-state index >= 15 is 0 Å². The zero-order valence-electron chi connectivity index (χ0n) is 20.1. The fourth-order valence-corrected chi connectivity index (χ4v) is 5.01. The standard InChI is InChI=1S/C22H29FN3O9P/c1-12(2)33-21(29)14(4)25-36(31,35-15-8-6-5-7-9-15)32-11-17-18(27)13(3)20(34-17)26-10-16(23)19(28)24-22(26)30/h5-10,12-14,17-18,20,27H,11H2,1-4H3,(H,25,31)(H,24,28,30)/t13?,14-,17-,18+,20-,36+/m1/s1. The van der Waals surface area contributed by atoms with Crippen molar-refractivity contribution < 1.29 is 37.4 Å². The highest BCUT2D eigenvalue weighted by Gasteiger charge is 2.44. The van der Waals surface area contributed by atoms with E-state index in [4.69, 9.17) is 18.5 Å². The van der Waals surface area contributed by atoms with E-state index in [9.17, 15) is 28.4 Å². The third kappa shape index (κ3) is 6.68. The summed E-state index contributed by atoms with van der Waals surface area (Å²) in [7, 11) is -4.23. The normalized spacial score (nSPS) is 24.3. The number of hydrogen-bond donors (Lipinski definition) is 3. The number of aromatic nitrogens is 2. The zero-order valence-corrected chi connectivity index (χ0v) is 21.0. The molecule has 1 unspecified atom stereocenters. The third-order valence-electron chi connectivity index (χ3n) is 5.32. The maximum Gasteiger partial charge on any atom is 0.459 e. The summed E-state index contributed by atoms with van der Waals surface area (Å²) >= 11 is 0. The lowest BCUT2D eigenvalue weighted by molar-refractivity contribution is -0.149. The van der Waals surface area contributed by atoms with Crippen molar-refractivity contribution in [3.63, 3.8) is 0 Å². The first-order chi connectivity index (χ1) is 16.9. The fraction of sp³-hybridized carbons (Fsp3) is 0.500. The number of nitrogens with zero attached hydrogens (tertiary/aromatic N) is 1. The van der Waals surface area contributed by atoms with Gasteiger partial charge in [0.05, 0.1) is 25.0 Å². The highest BCUT2D eigenvalue weighted by atomic mass is 31.2. The Morgan fingerprint density at radius 1 is 1.28 bits per heavy atom. The number of carbonyl (C=O) groups excluding carboxylic acids is 1. The molecule has 14 heteroatoms. The van der Waals surface area contributed by atoms with Gasteiger partial charge in [-0.25, -0.2) is 9.36 Å². The summed E-state index contributed by atoms with van der Waals surface area (Å²) in [4.78, 5) is 37.6. The van der Waals surface area contributed by atoms with Crippen LogP contribution in [0, 0.1) is 11.7 Å². The summed E-state index contributed by atoms with van der Waals surface area (Å²) in [6.07, 6.45) is -3.19. The van der Waals surface area contributed by atoms with Crippen LogP contribution >= 0.6 is 7.75 Å². The number of hydrogen-bond acceptors (Lipinski definition) is 9. The van der Waals surface area contributed by atoms with Gasteiger partial charge in [0.15, 0.2) is 0 Å². The van der Waals surface area contributed by atoms with E-state index in [-0.39, 0.29) is 5.75 Å². The second kappa shape index (κ2) is 11.5. The first kappa shape index (κ1) is 27.8. The summed E-state index contributed by atoms with van der Waals surface area (Å²) in [6.45, 7) is 5.82. The van der Waals surface area contributed by atoms with Crippen LogP contribution in [0.2, 0.25) is 0 Å². The summed E-state index contributed by atoms with van der Waals surface area (Å²) in [5, 5.41) is 13.2. The third-order valence-corrected chi connectivity index (χ3v) is 6.96. The molecule has 12 nitrogen and oxygen atoms in total. The largest absolute Gasteiger partial charge is 0.462 e. The number of benzene rings is 1. The van der Waals surface area contributed by atoms with Gasteiger partial charge in [-0.05, 0) is 32.9 Å². The molecule has 0 saturated carbocycles. The van der Waals surface area contributed by atoms with Crippen LogP contribution in [0.3, 0.4) is 0 Å². The number of aromatic amines is 1. The number of para-hydroxylation sites is 1. The molecule has 3 N–H and O–H groups in total. The summed E-state index contributed by atoms with van der Waals surface area (Å²) in [5.74, 6) is -2.43. The SMILES string of the molecule is CC(C)OC(=O)[C@@H](C)N[P@](=O)(OC[C@H]1O[C@@H](n2cc(F)c(=O)[nH]c2=O)C(C)[C@@H]1O)Oc1ccccc1. The van der Waals surface area contributed by atoms with Crippen molar-refractivity contribution >= 4 is 13.7 Å². The van der Waals surface area contributed by atoms with Gasteiger partial charge in [0.25, 0.3) is 5.56 Å². The Hall–Kier alpha value is -2.83. The predicted molar refractivity (Wildman–Crippen MR) is 125 cm³/mol. The molecule has 1 aromatic carbocycles. The predicted octanol–water partition coefficient (Wildman–Crippen LogP) is 1.70. The lowest BCUT2D eigenvalue weighted by atomic mass is 10.0. The molecule has 0 spiro atoms. The lowest BCUT2D eigenvalue weighted by Crippen LogP contribution is -2.37. The molecular formula is C22H29FN3O9P. The molecule has 1 aromatic heterocycles. The number of aliphatic hydroxyl groups excluding tert-OH is 1. The minimum Gasteiger partial charge on any atom is -0.462 e. The Balaban J connectivity index is 1.77. The van der Waals surface area contributed by atoms with Crippen LogP contribution in [0.5, 0.6) is 5.75 Å². The van der Waals surface area contributed by atoms with Gasteiger partial charge in [-0.3, -0.25) is 23.7 Å². The van der Waals surface area contributed by atoms with E-state index in [0.717, 1.165) is 4.57 Å². The molecule has 1 saturated heterocycles. The molecule has 0 amide bonds.